The third-order valence-corrected chi connectivity index (χ3v) is 2.23. The number of nitrogens with zero attached hydrogens (tertiary/aromatic N) is 2. The summed E-state index contributed by atoms with van der Waals surface area (Å²) in [5, 5.41) is 18.4. The van der Waals surface area contributed by atoms with E-state index in [1.165, 1.54) is 16.8 Å². The number of nitrogen functional groups attached to an aromatic ring is 1. The number of aliphatic hydroxyl groups excluding tert-OH is 2. The predicted octanol–water partition coefficient (Wildman–Crippen LogP) is -1.58. The van der Waals surface area contributed by atoms with Crippen LogP contribution in [-0.4, -0.2) is 32.2 Å². The second-order valence-corrected chi connectivity index (χ2v) is 3.33. The van der Waals surface area contributed by atoms with Gasteiger partial charge in [0.05, 0.1) is 0 Å². The lowest BCUT2D eigenvalue weighted by Crippen LogP contribution is -2.27. The molecule has 1 aromatic heterocycles. The number of rotatable bonds is 1. The Balaban J connectivity index is 2.28. The summed E-state index contributed by atoms with van der Waals surface area (Å²) in [6.07, 6.45) is -1.39. The molecule has 1 saturated heterocycles. The van der Waals surface area contributed by atoms with Gasteiger partial charge in [-0.15, -0.1) is 0 Å². The van der Waals surface area contributed by atoms with Crippen molar-refractivity contribution in [1.82, 2.24) is 9.55 Å². The van der Waals surface area contributed by atoms with E-state index in [1.807, 2.05) is 0 Å². The van der Waals surface area contributed by atoms with Crippen LogP contribution in [0.25, 0.3) is 0 Å². The Kier molecular flexibility index (Phi) is 2.43. The predicted molar refractivity (Wildman–Crippen MR) is 49.7 cm³/mol. The molecule has 7 heteroatoms. The van der Waals surface area contributed by atoms with Crippen LogP contribution in [0.2, 0.25) is 0 Å². The van der Waals surface area contributed by atoms with Crippen molar-refractivity contribution in [3.8, 4) is 0 Å². The van der Waals surface area contributed by atoms with Gasteiger partial charge >= 0.3 is 5.69 Å². The van der Waals surface area contributed by atoms with Gasteiger partial charge in [0, 0.05) is 12.6 Å². The van der Waals surface area contributed by atoms with E-state index in [-0.39, 0.29) is 12.2 Å². The van der Waals surface area contributed by atoms with Gasteiger partial charge in [-0.25, -0.2) is 4.79 Å². The van der Waals surface area contributed by atoms with Gasteiger partial charge in [0.1, 0.15) is 18.1 Å². The third kappa shape index (κ3) is 1.84. The molecule has 0 amide bonds. The number of ether oxygens (including phenoxy) is 1. The van der Waals surface area contributed by atoms with Crippen LogP contribution in [0, 0.1) is 0 Å². The summed E-state index contributed by atoms with van der Waals surface area (Å²) in [6.45, 7) is 0. The van der Waals surface area contributed by atoms with Gasteiger partial charge in [-0.3, -0.25) is 4.57 Å². The smallest absolute Gasteiger partial charge is 0.351 e. The van der Waals surface area contributed by atoms with E-state index in [2.05, 4.69) is 4.98 Å². The van der Waals surface area contributed by atoms with E-state index in [1.54, 1.807) is 0 Å². The minimum absolute atomic E-state index is 0.121. The first kappa shape index (κ1) is 10.1. The first-order valence-corrected chi connectivity index (χ1v) is 4.44. The molecule has 0 saturated carbocycles. The van der Waals surface area contributed by atoms with Gasteiger partial charge in [0.2, 0.25) is 0 Å². The van der Waals surface area contributed by atoms with Crippen LogP contribution in [0.15, 0.2) is 17.1 Å². The molecule has 1 fully saturated rings. The Bertz CT molecular complexity index is 409. The number of aromatic nitrogens is 2. The van der Waals surface area contributed by atoms with E-state index >= 15 is 0 Å². The zero-order valence-corrected chi connectivity index (χ0v) is 7.78. The SMILES string of the molecule is Nc1ccn(C2CC(O)C(O)O2)c(=O)n1. The van der Waals surface area contributed by atoms with E-state index in [4.69, 9.17) is 15.6 Å². The molecule has 0 radical (unpaired) electrons. The van der Waals surface area contributed by atoms with Gasteiger partial charge in [0.25, 0.3) is 0 Å². The molecule has 1 aliphatic heterocycles. The highest BCUT2D eigenvalue weighted by atomic mass is 16.6. The third-order valence-electron chi connectivity index (χ3n) is 2.23. The quantitative estimate of drug-likeness (QED) is 0.519. The minimum Gasteiger partial charge on any atom is -0.388 e. The van der Waals surface area contributed by atoms with Gasteiger partial charge in [-0.05, 0) is 6.07 Å². The zero-order valence-electron chi connectivity index (χ0n) is 7.78. The summed E-state index contributed by atoms with van der Waals surface area (Å²) < 4.78 is 6.14. The van der Waals surface area contributed by atoms with Gasteiger partial charge in [0.15, 0.2) is 6.29 Å². The molecule has 3 atom stereocenters. The molecule has 7 nitrogen and oxygen atoms in total. The van der Waals surface area contributed by atoms with Crippen molar-refractivity contribution < 1.29 is 14.9 Å². The minimum atomic E-state index is -1.26. The monoisotopic (exact) mass is 213 g/mol. The van der Waals surface area contributed by atoms with E-state index in [0.717, 1.165) is 0 Å². The fourth-order valence-electron chi connectivity index (χ4n) is 1.45. The number of hydrogen-bond acceptors (Lipinski definition) is 6. The van der Waals surface area contributed by atoms with Crippen LogP contribution < -0.4 is 11.4 Å². The van der Waals surface area contributed by atoms with Gasteiger partial charge in [-0.2, -0.15) is 4.98 Å². The Morgan fingerprint density at radius 1 is 1.60 bits per heavy atom. The topological polar surface area (TPSA) is 111 Å². The molecule has 2 rings (SSSR count). The molecule has 0 aliphatic carbocycles. The van der Waals surface area contributed by atoms with Crippen LogP contribution in [-0.2, 0) is 4.74 Å². The summed E-state index contributed by atoms with van der Waals surface area (Å²) in [5.74, 6) is 0.121. The lowest BCUT2D eigenvalue weighted by Gasteiger charge is -2.12. The molecule has 1 aliphatic rings. The summed E-state index contributed by atoms with van der Waals surface area (Å²) in [7, 11) is 0. The fourth-order valence-corrected chi connectivity index (χ4v) is 1.45. The van der Waals surface area contributed by atoms with Crippen molar-refractivity contribution in [1.29, 1.82) is 0 Å². The average Bonchev–Trinajstić information content (AvgIpc) is 2.46. The molecule has 15 heavy (non-hydrogen) atoms. The molecule has 0 spiro atoms. The Labute approximate surface area is 84.7 Å². The Hall–Kier alpha value is -1.44. The molecule has 4 N–H and O–H groups in total. The van der Waals surface area contributed by atoms with Crippen LogP contribution in [0.1, 0.15) is 12.6 Å². The Morgan fingerprint density at radius 3 is 2.87 bits per heavy atom. The molecule has 3 unspecified atom stereocenters. The number of anilines is 1. The molecule has 2 heterocycles. The Morgan fingerprint density at radius 2 is 2.33 bits per heavy atom. The van der Waals surface area contributed by atoms with Crippen LogP contribution in [0.3, 0.4) is 0 Å². The highest BCUT2D eigenvalue weighted by molar-refractivity contribution is 5.23. The van der Waals surface area contributed by atoms with Crippen molar-refractivity contribution in [3.05, 3.63) is 22.7 Å². The van der Waals surface area contributed by atoms with Crippen molar-refractivity contribution in [2.45, 2.75) is 25.0 Å². The first-order valence-electron chi connectivity index (χ1n) is 4.44. The first-order chi connectivity index (χ1) is 7.08. The highest BCUT2D eigenvalue weighted by Crippen LogP contribution is 2.25. The lowest BCUT2D eigenvalue weighted by molar-refractivity contribution is -0.142. The second-order valence-electron chi connectivity index (χ2n) is 3.33. The fraction of sp³-hybridized carbons (Fsp3) is 0.500. The summed E-state index contributed by atoms with van der Waals surface area (Å²) >= 11 is 0. The van der Waals surface area contributed by atoms with Crippen molar-refractivity contribution in [2.24, 2.45) is 0 Å². The van der Waals surface area contributed by atoms with E-state index < -0.39 is 24.3 Å². The molecule has 1 aromatic rings. The van der Waals surface area contributed by atoms with Crippen LogP contribution in [0.5, 0.6) is 0 Å². The maximum absolute atomic E-state index is 11.4. The van der Waals surface area contributed by atoms with E-state index in [0.29, 0.717) is 0 Å². The normalized spacial score (nSPS) is 30.7. The summed E-state index contributed by atoms with van der Waals surface area (Å²) in [5.41, 5.74) is 4.75. The van der Waals surface area contributed by atoms with Crippen LogP contribution in [0.4, 0.5) is 5.82 Å². The van der Waals surface area contributed by atoms with Crippen molar-refractivity contribution >= 4 is 5.82 Å². The number of aliphatic hydroxyl groups is 2. The maximum Gasteiger partial charge on any atom is 0.351 e. The standard InChI is InChI=1S/C8H11N3O4/c9-5-1-2-11(8(14)10-5)6-3-4(12)7(13)15-6/h1-2,4,6-7,12-13H,3H2,(H2,9,10,14). The molecular formula is C8H11N3O4. The van der Waals surface area contributed by atoms with Crippen molar-refractivity contribution in [3.63, 3.8) is 0 Å². The largest absolute Gasteiger partial charge is 0.388 e. The van der Waals surface area contributed by atoms with Gasteiger partial charge in [-0.1, -0.05) is 0 Å². The lowest BCUT2D eigenvalue weighted by atomic mass is 10.2. The number of nitrogens with two attached hydrogens (primary N) is 1. The summed E-state index contributed by atoms with van der Waals surface area (Å²) in [4.78, 5) is 14.9. The average molecular weight is 213 g/mol. The molecular weight excluding hydrogens is 202 g/mol. The van der Waals surface area contributed by atoms with Gasteiger partial charge < -0.3 is 20.7 Å². The molecule has 82 valence electrons. The molecule has 0 bridgehead atoms. The maximum atomic E-state index is 11.4. The molecule has 0 aromatic carbocycles. The summed E-state index contributed by atoms with van der Waals surface area (Å²) in [6, 6.07) is 1.45. The highest BCUT2D eigenvalue weighted by Gasteiger charge is 2.33. The van der Waals surface area contributed by atoms with Crippen LogP contribution >= 0.6 is 0 Å². The van der Waals surface area contributed by atoms with Crippen molar-refractivity contribution in [2.75, 3.05) is 5.73 Å². The second kappa shape index (κ2) is 3.61. The van der Waals surface area contributed by atoms with E-state index in [9.17, 15) is 9.90 Å². The number of hydrogen-bond donors (Lipinski definition) is 3. The zero-order chi connectivity index (χ0) is 11.0.